The summed E-state index contributed by atoms with van der Waals surface area (Å²) in [5.74, 6) is 0.0562. The highest BCUT2D eigenvalue weighted by molar-refractivity contribution is 6.53. The van der Waals surface area contributed by atoms with Crippen LogP contribution in [0.1, 0.15) is 52.5 Å². The second-order valence-corrected chi connectivity index (χ2v) is 7.72. The van der Waals surface area contributed by atoms with Crippen LogP contribution in [0.3, 0.4) is 0 Å². The van der Waals surface area contributed by atoms with Gasteiger partial charge in [-0.2, -0.15) is 0 Å². The van der Waals surface area contributed by atoms with Crippen molar-refractivity contribution in [3.63, 3.8) is 0 Å². The van der Waals surface area contributed by atoms with Gasteiger partial charge in [0, 0.05) is 31.8 Å². The van der Waals surface area contributed by atoms with E-state index in [1.54, 1.807) is 14.0 Å². The number of hydrogen-bond acceptors (Lipinski definition) is 5. The number of carboxylic acid groups (broad SMARTS) is 1. The van der Waals surface area contributed by atoms with Crippen LogP contribution in [0.2, 0.25) is 6.82 Å². The summed E-state index contributed by atoms with van der Waals surface area (Å²) in [5, 5.41) is 9.24. The van der Waals surface area contributed by atoms with Crippen LogP contribution in [0.4, 0.5) is 0 Å². The molecule has 0 saturated heterocycles. The lowest BCUT2D eigenvalue weighted by Gasteiger charge is -2.18. The summed E-state index contributed by atoms with van der Waals surface area (Å²) in [6, 6.07) is 3.77. The quantitative estimate of drug-likeness (QED) is 0.143. The molecule has 0 aliphatic rings. The fraction of sp³-hybridized carbons (Fsp3) is 0.520. The van der Waals surface area contributed by atoms with E-state index in [9.17, 15) is 14.7 Å². The van der Waals surface area contributed by atoms with E-state index in [1.807, 2.05) is 26.2 Å². The van der Waals surface area contributed by atoms with Gasteiger partial charge in [0.25, 0.3) is 0 Å². The molecule has 0 saturated carbocycles. The average Bonchev–Trinajstić information content (AvgIpc) is 2.76. The van der Waals surface area contributed by atoms with Gasteiger partial charge in [0.05, 0.1) is 13.2 Å². The lowest BCUT2D eigenvalue weighted by molar-refractivity contribution is -0.134. The molecule has 0 fully saturated rings. The third-order valence-electron chi connectivity index (χ3n) is 5.30. The van der Waals surface area contributed by atoms with E-state index in [0.29, 0.717) is 42.8 Å². The molecule has 1 unspecified atom stereocenters. The molecule has 1 atom stereocenters. The molecule has 0 aliphatic carbocycles. The first kappa shape index (κ1) is 27.5. The lowest BCUT2D eigenvalue weighted by atomic mass is 9.72. The number of benzene rings is 1. The maximum absolute atomic E-state index is 12.5. The minimum atomic E-state index is -1.24. The van der Waals surface area contributed by atoms with Gasteiger partial charge in [0.15, 0.2) is 13.1 Å². The fourth-order valence-corrected chi connectivity index (χ4v) is 3.04. The van der Waals surface area contributed by atoms with Crippen LogP contribution in [0, 0.1) is 5.92 Å². The molecule has 1 rings (SSSR count). The van der Waals surface area contributed by atoms with Gasteiger partial charge in [-0.1, -0.05) is 39.2 Å². The molecule has 0 heterocycles. The molecular formula is C25H36BO6. The SMILES string of the molecule is C[B]c1cc(/C(C)=C/C(=O)/C(=C\C)C(=O)O)c(OCCC(C)CC)cc1OCCCOC. The molecule has 1 aromatic carbocycles. The van der Waals surface area contributed by atoms with Crippen molar-refractivity contribution < 1.29 is 28.9 Å². The van der Waals surface area contributed by atoms with E-state index in [1.165, 1.54) is 19.1 Å². The van der Waals surface area contributed by atoms with E-state index < -0.39 is 11.8 Å². The molecule has 1 N–H and O–H groups in total. The van der Waals surface area contributed by atoms with E-state index >= 15 is 0 Å². The van der Waals surface area contributed by atoms with Crippen LogP contribution in [0.5, 0.6) is 11.5 Å². The number of allylic oxidation sites excluding steroid dienone is 3. The Kier molecular flexibility index (Phi) is 12.5. The molecule has 0 bridgehead atoms. The number of carboxylic acids is 1. The van der Waals surface area contributed by atoms with Crippen molar-refractivity contribution in [2.24, 2.45) is 5.92 Å². The molecule has 175 valence electrons. The Hall–Kier alpha value is -2.54. The number of aliphatic carboxylic acids is 1. The number of ketones is 1. The predicted molar refractivity (Wildman–Crippen MR) is 129 cm³/mol. The highest BCUT2D eigenvalue weighted by Gasteiger charge is 2.17. The topological polar surface area (TPSA) is 82.1 Å². The smallest absolute Gasteiger partial charge is 0.339 e. The molecule has 0 spiro atoms. The van der Waals surface area contributed by atoms with E-state index in [4.69, 9.17) is 14.2 Å². The minimum Gasteiger partial charge on any atom is -0.494 e. The Morgan fingerprint density at radius 3 is 2.41 bits per heavy atom. The molecule has 0 amide bonds. The first-order valence-electron chi connectivity index (χ1n) is 11.1. The van der Waals surface area contributed by atoms with Crippen molar-refractivity contribution in [2.45, 2.75) is 53.8 Å². The summed E-state index contributed by atoms with van der Waals surface area (Å²) in [6.07, 6.45) is 5.40. The van der Waals surface area contributed by atoms with Crippen LogP contribution < -0.4 is 14.9 Å². The monoisotopic (exact) mass is 443 g/mol. The van der Waals surface area contributed by atoms with Crippen molar-refractivity contribution in [1.82, 2.24) is 0 Å². The molecule has 0 aromatic heterocycles. The van der Waals surface area contributed by atoms with Gasteiger partial charge in [0.2, 0.25) is 0 Å². The van der Waals surface area contributed by atoms with Gasteiger partial charge < -0.3 is 19.3 Å². The Morgan fingerprint density at radius 1 is 1.16 bits per heavy atom. The van der Waals surface area contributed by atoms with Crippen LogP contribution in [-0.4, -0.2) is 51.1 Å². The van der Waals surface area contributed by atoms with Crippen molar-refractivity contribution in [2.75, 3.05) is 26.9 Å². The third kappa shape index (κ3) is 8.54. The zero-order valence-electron chi connectivity index (χ0n) is 20.2. The summed E-state index contributed by atoms with van der Waals surface area (Å²) >= 11 is 0. The van der Waals surface area contributed by atoms with E-state index in [0.717, 1.165) is 30.3 Å². The second kappa shape index (κ2) is 14.5. The Balaban J connectivity index is 3.31. The highest BCUT2D eigenvalue weighted by atomic mass is 16.5. The zero-order valence-corrected chi connectivity index (χ0v) is 20.2. The fourth-order valence-electron chi connectivity index (χ4n) is 3.04. The minimum absolute atomic E-state index is 0.260. The van der Waals surface area contributed by atoms with Crippen molar-refractivity contribution >= 4 is 30.1 Å². The molecule has 0 aliphatic heterocycles. The van der Waals surface area contributed by atoms with Gasteiger partial charge in [-0.3, -0.25) is 4.79 Å². The first-order valence-corrected chi connectivity index (χ1v) is 11.1. The number of carbonyl (C=O) groups is 2. The van der Waals surface area contributed by atoms with Gasteiger partial charge >= 0.3 is 5.97 Å². The normalized spacial score (nSPS) is 12.9. The maximum Gasteiger partial charge on any atom is 0.339 e. The van der Waals surface area contributed by atoms with Gasteiger partial charge in [-0.05, 0) is 43.3 Å². The molecule has 6 nitrogen and oxygen atoms in total. The summed E-state index contributed by atoms with van der Waals surface area (Å²) in [5.41, 5.74) is 1.98. The van der Waals surface area contributed by atoms with Crippen molar-refractivity contribution in [3.05, 3.63) is 35.4 Å². The Bertz CT molecular complexity index is 828. The van der Waals surface area contributed by atoms with Crippen LogP contribution in [0.15, 0.2) is 29.9 Å². The largest absolute Gasteiger partial charge is 0.494 e. The number of carbonyl (C=O) groups excluding carboxylic acids is 1. The standard InChI is InChI=1S/C25H36BO6/c1-7-17(3)10-13-32-23-16-24(31-12-9-11-30-6)21(26-5)15-20(23)18(4)14-22(27)19(8-2)25(28)29/h8,14-17H,7,9-13H2,1-6H3,(H,28,29)/b18-14+,19-8+. The Labute approximate surface area is 192 Å². The summed E-state index contributed by atoms with van der Waals surface area (Å²) in [4.78, 5) is 23.8. The van der Waals surface area contributed by atoms with Gasteiger partial charge in [-0.15, -0.1) is 0 Å². The van der Waals surface area contributed by atoms with Crippen LogP contribution >= 0.6 is 0 Å². The average molecular weight is 443 g/mol. The lowest BCUT2D eigenvalue weighted by Crippen LogP contribution is -2.18. The third-order valence-corrected chi connectivity index (χ3v) is 5.30. The van der Waals surface area contributed by atoms with E-state index in [2.05, 4.69) is 13.8 Å². The number of ether oxygens (including phenoxy) is 3. The van der Waals surface area contributed by atoms with Crippen LogP contribution in [-0.2, 0) is 14.3 Å². The van der Waals surface area contributed by atoms with Crippen molar-refractivity contribution in [1.29, 1.82) is 0 Å². The molecule has 7 heteroatoms. The van der Waals surface area contributed by atoms with Gasteiger partial charge in [-0.25, -0.2) is 4.79 Å². The second-order valence-electron chi connectivity index (χ2n) is 7.72. The highest BCUT2D eigenvalue weighted by Crippen LogP contribution is 2.30. The molecule has 1 radical (unpaired) electrons. The number of rotatable bonds is 15. The first-order chi connectivity index (χ1) is 15.3. The maximum atomic E-state index is 12.5. The molecular weight excluding hydrogens is 407 g/mol. The number of methoxy groups -OCH3 is 1. The summed E-state index contributed by atoms with van der Waals surface area (Å²) < 4.78 is 17.2. The molecule has 1 aromatic rings. The predicted octanol–water partition coefficient (Wildman–Crippen LogP) is 4.30. The van der Waals surface area contributed by atoms with E-state index in [-0.39, 0.29) is 5.57 Å². The number of hydrogen-bond donors (Lipinski definition) is 1. The Morgan fingerprint density at radius 2 is 1.84 bits per heavy atom. The molecule has 32 heavy (non-hydrogen) atoms. The van der Waals surface area contributed by atoms with Crippen LogP contribution in [0.25, 0.3) is 5.57 Å². The zero-order chi connectivity index (χ0) is 24.1. The van der Waals surface area contributed by atoms with Gasteiger partial charge in [0.1, 0.15) is 17.1 Å². The summed E-state index contributed by atoms with van der Waals surface area (Å²) in [6.45, 7) is 11.2. The summed E-state index contributed by atoms with van der Waals surface area (Å²) in [7, 11) is 3.59. The van der Waals surface area contributed by atoms with Crippen molar-refractivity contribution in [3.8, 4) is 11.5 Å².